The van der Waals surface area contributed by atoms with Crippen molar-refractivity contribution < 1.29 is 5.11 Å². The van der Waals surface area contributed by atoms with Crippen molar-refractivity contribution in [1.82, 2.24) is 4.57 Å². The number of thiazole rings is 1. The number of hydrogen-bond acceptors (Lipinski definition) is 4. The van der Waals surface area contributed by atoms with Crippen LogP contribution in [0.5, 0.6) is 5.75 Å². The monoisotopic (exact) mass is 470 g/mol. The van der Waals surface area contributed by atoms with E-state index in [0.717, 1.165) is 35.2 Å². The Morgan fingerprint density at radius 3 is 2.61 bits per heavy atom. The maximum Gasteiger partial charge on any atom is 0.271 e. The van der Waals surface area contributed by atoms with Gasteiger partial charge in [-0.1, -0.05) is 83.6 Å². The lowest BCUT2D eigenvalue weighted by Crippen LogP contribution is -2.38. The van der Waals surface area contributed by atoms with Crippen molar-refractivity contribution >= 4 is 34.7 Å². The van der Waals surface area contributed by atoms with Crippen LogP contribution in [0.1, 0.15) is 34.7 Å². The second kappa shape index (κ2) is 7.87. The Morgan fingerprint density at radius 1 is 1.00 bits per heavy atom. The van der Waals surface area contributed by atoms with Crippen molar-refractivity contribution in [2.24, 2.45) is 4.99 Å². The summed E-state index contributed by atoms with van der Waals surface area (Å²) in [6, 6.07) is 22.7. The van der Waals surface area contributed by atoms with E-state index in [1.807, 2.05) is 36.4 Å². The number of aromatic hydroxyl groups is 1. The number of para-hydroxylation sites is 1. The Bertz CT molecular complexity index is 1630. The molecule has 0 amide bonds. The van der Waals surface area contributed by atoms with Gasteiger partial charge in [-0.15, -0.1) is 0 Å². The average molecular weight is 471 g/mol. The zero-order valence-electron chi connectivity index (χ0n) is 17.5. The molecule has 1 unspecified atom stereocenters. The number of hydrogen-bond donors (Lipinski definition) is 1. The highest BCUT2D eigenvalue weighted by Gasteiger charge is 2.33. The molecule has 33 heavy (non-hydrogen) atoms. The third kappa shape index (κ3) is 3.27. The van der Waals surface area contributed by atoms with E-state index in [2.05, 4.69) is 18.2 Å². The first-order valence-electron chi connectivity index (χ1n) is 10.8. The summed E-state index contributed by atoms with van der Waals surface area (Å²) in [6.45, 7) is 0. The van der Waals surface area contributed by atoms with Gasteiger partial charge in [-0.05, 0) is 47.8 Å². The predicted octanol–water partition coefficient (Wildman–Crippen LogP) is 4.68. The molecule has 162 valence electrons. The fourth-order valence-electron chi connectivity index (χ4n) is 4.75. The number of phenolic OH excluding ortho intramolecular Hbond substituents is 1. The third-order valence-corrected chi connectivity index (χ3v) is 7.62. The zero-order valence-corrected chi connectivity index (χ0v) is 19.1. The molecule has 1 atom stereocenters. The normalized spacial score (nSPS) is 17.2. The predicted molar refractivity (Wildman–Crippen MR) is 132 cm³/mol. The van der Waals surface area contributed by atoms with E-state index in [1.54, 1.807) is 28.8 Å². The van der Waals surface area contributed by atoms with E-state index >= 15 is 0 Å². The Balaban J connectivity index is 1.66. The fraction of sp³-hybridized carbons (Fsp3) is 0.111. The zero-order chi connectivity index (χ0) is 22.5. The maximum atomic E-state index is 13.7. The smallest absolute Gasteiger partial charge is 0.271 e. The van der Waals surface area contributed by atoms with E-state index in [9.17, 15) is 9.90 Å². The van der Waals surface area contributed by atoms with Crippen LogP contribution >= 0.6 is 22.9 Å². The molecular weight excluding hydrogens is 452 g/mol. The van der Waals surface area contributed by atoms with Crippen molar-refractivity contribution in [3.8, 4) is 5.75 Å². The Kier molecular flexibility index (Phi) is 4.82. The van der Waals surface area contributed by atoms with E-state index < -0.39 is 0 Å². The number of allylic oxidation sites excluding steroid dienone is 1. The van der Waals surface area contributed by atoms with E-state index in [-0.39, 0.29) is 17.4 Å². The van der Waals surface area contributed by atoms with Crippen LogP contribution in [0.15, 0.2) is 88.2 Å². The van der Waals surface area contributed by atoms with Crippen molar-refractivity contribution in [3.05, 3.63) is 125 Å². The highest BCUT2D eigenvalue weighted by molar-refractivity contribution is 7.07. The molecule has 0 saturated heterocycles. The Hall–Kier alpha value is -3.41. The van der Waals surface area contributed by atoms with Crippen LogP contribution in [-0.2, 0) is 6.42 Å². The number of nitrogens with zero attached hydrogens (tertiary/aromatic N) is 2. The minimum absolute atomic E-state index is 0.127. The molecular formula is C27H19ClN2O2S. The molecule has 0 spiro atoms. The van der Waals surface area contributed by atoms with Crippen LogP contribution in [0, 0.1) is 0 Å². The molecule has 6 rings (SSSR count). The van der Waals surface area contributed by atoms with Crippen molar-refractivity contribution in [1.29, 1.82) is 0 Å². The van der Waals surface area contributed by atoms with Crippen LogP contribution in [0.2, 0.25) is 5.02 Å². The van der Waals surface area contributed by atoms with Crippen LogP contribution < -0.4 is 14.9 Å². The number of halogens is 1. The highest BCUT2D eigenvalue weighted by Crippen LogP contribution is 2.42. The van der Waals surface area contributed by atoms with Gasteiger partial charge in [-0.3, -0.25) is 9.36 Å². The van der Waals surface area contributed by atoms with Gasteiger partial charge >= 0.3 is 0 Å². The highest BCUT2D eigenvalue weighted by atomic mass is 35.5. The summed E-state index contributed by atoms with van der Waals surface area (Å²) in [5.41, 5.74) is 5.82. The number of phenols is 1. The standard InChI is InChI=1S/C27H19ClN2O2S/c28-21-11-5-4-10-19(21)25-20-14-13-16-7-1-3-9-18(16)24(20)29-27-30(25)26(32)23(33-27)15-17-8-2-6-12-22(17)31/h1-12,15,25,31H,13-14H2. The summed E-state index contributed by atoms with van der Waals surface area (Å²) in [7, 11) is 0. The Labute approximate surface area is 199 Å². The number of fused-ring (bicyclic) bond motifs is 3. The Morgan fingerprint density at radius 2 is 1.76 bits per heavy atom. The van der Waals surface area contributed by atoms with Gasteiger partial charge in [0.25, 0.3) is 5.56 Å². The number of benzene rings is 3. The quantitative estimate of drug-likeness (QED) is 0.462. The molecule has 0 fully saturated rings. The summed E-state index contributed by atoms with van der Waals surface area (Å²) < 4.78 is 2.30. The molecule has 1 aliphatic heterocycles. The van der Waals surface area contributed by atoms with Gasteiger partial charge in [0.1, 0.15) is 5.75 Å². The molecule has 4 nitrogen and oxygen atoms in total. The second-order valence-electron chi connectivity index (χ2n) is 8.19. The first-order valence-corrected chi connectivity index (χ1v) is 12.0. The summed E-state index contributed by atoms with van der Waals surface area (Å²) in [6.07, 6.45) is 3.45. The van der Waals surface area contributed by atoms with Crippen LogP contribution in [0.4, 0.5) is 0 Å². The van der Waals surface area contributed by atoms with Crippen molar-refractivity contribution in [2.75, 3.05) is 0 Å². The number of rotatable bonds is 2. The first-order chi connectivity index (χ1) is 16.1. The minimum atomic E-state index is -0.315. The molecule has 6 heteroatoms. The molecule has 1 N–H and O–H groups in total. The van der Waals surface area contributed by atoms with Crippen LogP contribution in [0.3, 0.4) is 0 Å². The summed E-state index contributed by atoms with van der Waals surface area (Å²) in [4.78, 5) is 19.3. The lowest BCUT2D eigenvalue weighted by atomic mass is 9.83. The average Bonchev–Trinajstić information content (AvgIpc) is 3.14. The lowest BCUT2D eigenvalue weighted by Gasteiger charge is -2.31. The van der Waals surface area contributed by atoms with E-state index in [4.69, 9.17) is 16.6 Å². The van der Waals surface area contributed by atoms with Crippen LogP contribution in [0.25, 0.3) is 11.8 Å². The number of aromatic nitrogens is 1. The molecule has 0 saturated carbocycles. The van der Waals surface area contributed by atoms with Crippen molar-refractivity contribution in [3.63, 3.8) is 0 Å². The third-order valence-electron chi connectivity index (χ3n) is 6.30. The maximum absolute atomic E-state index is 13.7. The van der Waals surface area contributed by atoms with Gasteiger partial charge < -0.3 is 5.11 Å². The summed E-state index contributed by atoms with van der Waals surface area (Å²) in [5, 5.41) is 10.9. The van der Waals surface area contributed by atoms with Crippen molar-refractivity contribution in [2.45, 2.75) is 18.9 Å². The number of aryl methyl sites for hydroxylation is 1. The molecule has 1 aliphatic carbocycles. The fourth-order valence-corrected chi connectivity index (χ4v) is 5.98. The SMILES string of the molecule is O=c1c(=Cc2ccccc2O)sc2n1C(c1ccccc1Cl)C1=C(N=2)c2ccccc2CC1. The summed E-state index contributed by atoms with van der Waals surface area (Å²) in [5.74, 6) is 0.138. The van der Waals surface area contributed by atoms with Gasteiger partial charge in [0.2, 0.25) is 0 Å². The van der Waals surface area contributed by atoms with Gasteiger partial charge in [-0.2, -0.15) is 0 Å². The van der Waals surface area contributed by atoms with Crippen LogP contribution in [-0.4, -0.2) is 9.67 Å². The lowest BCUT2D eigenvalue weighted by molar-refractivity contribution is 0.474. The molecule has 4 aromatic rings. The summed E-state index contributed by atoms with van der Waals surface area (Å²) >= 11 is 8.00. The van der Waals surface area contributed by atoms with Gasteiger partial charge in [0.15, 0.2) is 4.80 Å². The topological polar surface area (TPSA) is 54.6 Å². The molecule has 3 aromatic carbocycles. The minimum Gasteiger partial charge on any atom is -0.507 e. The molecule has 1 aromatic heterocycles. The molecule has 0 radical (unpaired) electrons. The van der Waals surface area contributed by atoms with Gasteiger partial charge in [0.05, 0.1) is 16.3 Å². The van der Waals surface area contributed by atoms with Gasteiger partial charge in [0, 0.05) is 16.1 Å². The first kappa shape index (κ1) is 20.2. The van der Waals surface area contributed by atoms with Gasteiger partial charge in [-0.25, -0.2) is 4.99 Å². The molecule has 2 aliphatic rings. The second-order valence-corrected chi connectivity index (χ2v) is 9.61. The van der Waals surface area contributed by atoms with E-state index in [1.165, 1.54) is 16.9 Å². The molecule has 0 bridgehead atoms. The largest absolute Gasteiger partial charge is 0.507 e. The molecule has 2 heterocycles. The van der Waals surface area contributed by atoms with E-state index in [0.29, 0.717) is 19.9 Å².